The van der Waals surface area contributed by atoms with E-state index >= 15 is 0 Å². The molecule has 3 atom stereocenters. The fourth-order valence-corrected chi connectivity index (χ4v) is 0.683. The molecule has 8 heteroatoms. The van der Waals surface area contributed by atoms with E-state index in [1.807, 2.05) is 0 Å². The van der Waals surface area contributed by atoms with Crippen LogP contribution in [0.4, 0.5) is 0 Å². The Morgan fingerprint density at radius 1 is 1.35 bits per heavy atom. The van der Waals surface area contributed by atoms with Crippen LogP contribution in [0.1, 0.15) is 13.8 Å². The highest BCUT2D eigenvalue weighted by molar-refractivity contribution is 6.19. The zero-order chi connectivity index (χ0) is 14.2. The van der Waals surface area contributed by atoms with Crippen LogP contribution >= 0.6 is 0 Å². The predicted octanol–water partition coefficient (Wildman–Crippen LogP) is -2.69. The lowest BCUT2D eigenvalue weighted by molar-refractivity contribution is -0.158. The maximum absolute atomic E-state index is 10.7. The molecule has 0 saturated carbocycles. The van der Waals surface area contributed by atoms with Crippen LogP contribution in [0.2, 0.25) is 0 Å². The van der Waals surface area contributed by atoms with E-state index in [0.29, 0.717) is 0 Å². The third kappa shape index (κ3) is 6.74. The predicted molar refractivity (Wildman–Crippen MR) is 54.1 cm³/mol. The Hall–Kier alpha value is -1.35. The molecule has 0 bridgehead atoms. The molecule has 0 aliphatic carbocycles. The zero-order valence-electron chi connectivity index (χ0n) is 9.40. The second-order valence-electron chi connectivity index (χ2n) is 3.35. The van der Waals surface area contributed by atoms with Crippen LogP contribution < -0.4 is 0 Å². The number of aliphatic carboxylic acids is 1. The Morgan fingerprint density at radius 3 is 1.88 bits per heavy atom. The molecule has 0 aromatic carbocycles. The van der Waals surface area contributed by atoms with Gasteiger partial charge >= 0.3 is 5.97 Å². The highest BCUT2D eigenvalue weighted by atomic mass is 16.4. The fraction of sp³-hybridized carbons (Fsp3) is 0.667. The molecule has 0 aromatic rings. The first-order valence-electron chi connectivity index (χ1n) is 4.49. The molecule has 5 N–H and O–H groups in total. The van der Waals surface area contributed by atoms with Crippen molar-refractivity contribution in [3.05, 3.63) is 0 Å². The van der Waals surface area contributed by atoms with Crippen LogP contribution in [0, 0.1) is 0 Å². The first-order valence-corrected chi connectivity index (χ1v) is 4.49. The lowest BCUT2D eigenvalue weighted by atomic mass is 9.91. The maximum atomic E-state index is 10.7. The second-order valence-corrected chi connectivity index (χ2v) is 3.35. The number of ketones is 1. The first-order chi connectivity index (χ1) is 7.61. The number of carboxylic acids is 1. The number of carbonyl (C=O) groups is 3. The number of carbonyl (C=O) groups excluding carboxylic acids is 2. The van der Waals surface area contributed by atoms with Gasteiger partial charge in [-0.05, 0) is 13.8 Å². The summed E-state index contributed by atoms with van der Waals surface area (Å²) < 4.78 is 0. The first kappa shape index (κ1) is 18.0. The van der Waals surface area contributed by atoms with E-state index in [9.17, 15) is 9.90 Å². The number of aldehydes is 1. The minimum Gasteiger partial charge on any atom is -0.476 e. The van der Waals surface area contributed by atoms with Crippen molar-refractivity contribution in [3.63, 3.8) is 0 Å². The second kappa shape index (κ2) is 7.85. The van der Waals surface area contributed by atoms with E-state index in [2.05, 4.69) is 0 Å². The van der Waals surface area contributed by atoms with Crippen molar-refractivity contribution in [2.45, 2.75) is 31.7 Å². The number of rotatable bonds is 5. The number of Topliss-reactive ketones (excluding diaryl/α,β-unsaturated/α-hetero) is 1. The van der Waals surface area contributed by atoms with Crippen molar-refractivity contribution in [2.24, 2.45) is 0 Å². The van der Waals surface area contributed by atoms with Gasteiger partial charge in [0.15, 0.2) is 5.78 Å². The Kier molecular flexibility index (Phi) is 8.32. The van der Waals surface area contributed by atoms with Crippen LogP contribution in [0.3, 0.4) is 0 Å². The summed E-state index contributed by atoms with van der Waals surface area (Å²) in [4.78, 5) is 28.6. The number of aliphatic hydroxyl groups is 4. The molecule has 100 valence electrons. The molecule has 0 saturated heterocycles. The summed E-state index contributed by atoms with van der Waals surface area (Å²) in [6, 6.07) is 0. The highest BCUT2D eigenvalue weighted by Gasteiger charge is 2.39. The van der Waals surface area contributed by atoms with Gasteiger partial charge in [0.2, 0.25) is 6.29 Å². The lowest BCUT2D eigenvalue weighted by Crippen LogP contribution is -2.52. The average Bonchev–Trinajstić information content (AvgIpc) is 2.27. The molecule has 17 heavy (non-hydrogen) atoms. The highest BCUT2D eigenvalue weighted by Crippen LogP contribution is 2.14. The van der Waals surface area contributed by atoms with E-state index in [-0.39, 0.29) is 6.29 Å². The number of hydrogen-bond acceptors (Lipinski definition) is 7. The molecule has 0 aliphatic heterocycles. The quantitative estimate of drug-likeness (QED) is 0.262. The number of carboxylic acid groups (broad SMARTS) is 1. The number of aliphatic hydroxyl groups excluding tert-OH is 3. The van der Waals surface area contributed by atoms with Crippen LogP contribution in [0.5, 0.6) is 0 Å². The van der Waals surface area contributed by atoms with Crippen LogP contribution in [-0.2, 0) is 14.4 Å². The van der Waals surface area contributed by atoms with Gasteiger partial charge in [-0.15, -0.1) is 0 Å². The van der Waals surface area contributed by atoms with Gasteiger partial charge in [0.1, 0.15) is 17.8 Å². The van der Waals surface area contributed by atoms with Gasteiger partial charge in [-0.3, -0.25) is 9.59 Å². The molecule has 0 spiro atoms. The topological polar surface area (TPSA) is 152 Å². The molecule has 0 heterocycles. The molecular weight excluding hydrogens is 236 g/mol. The summed E-state index contributed by atoms with van der Waals surface area (Å²) >= 11 is 0. The van der Waals surface area contributed by atoms with Gasteiger partial charge in [0.05, 0.1) is 6.61 Å². The third-order valence-corrected chi connectivity index (χ3v) is 1.94. The average molecular weight is 252 g/mol. The SMILES string of the molecule is CC(=O)C(C)(O)C(O)C(O)CO.O=CC(=O)O. The normalized spacial score (nSPS) is 16.8. The zero-order valence-corrected chi connectivity index (χ0v) is 9.40. The molecule has 0 radical (unpaired) electrons. The molecule has 8 nitrogen and oxygen atoms in total. The van der Waals surface area contributed by atoms with Crippen LogP contribution in [-0.4, -0.2) is 68.0 Å². The van der Waals surface area contributed by atoms with Crippen molar-refractivity contribution in [1.29, 1.82) is 0 Å². The summed E-state index contributed by atoms with van der Waals surface area (Å²) in [5.74, 6) is -2.09. The van der Waals surface area contributed by atoms with Gasteiger partial charge in [-0.1, -0.05) is 0 Å². The standard InChI is InChI=1S/C7H14O5.C2H2O3/c1-4(9)7(2,12)6(11)5(10)3-8;3-1-2(4)5/h5-6,8,10-12H,3H2,1-2H3;1H,(H,4,5). The van der Waals surface area contributed by atoms with Crippen LogP contribution in [0.15, 0.2) is 0 Å². The molecule has 0 rings (SSSR count). The summed E-state index contributed by atoms with van der Waals surface area (Å²) in [6.45, 7) is 1.47. The van der Waals surface area contributed by atoms with E-state index in [1.165, 1.54) is 0 Å². The summed E-state index contributed by atoms with van der Waals surface area (Å²) in [7, 11) is 0. The summed E-state index contributed by atoms with van der Waals surface area (Å²) in [5.41, 5.74) is -2.01. The smallest absolute Gasteiger partial charge is 0.368 e. The van der Waals surface area contributed by atoms with Crippen LogP contribution in [0.25, 0.3) is 0 Å². The summed E-state index contributed by atoms with van der Waals surface area (Å²) in [5, 5.41) is 43.1. The molecule has 0 amide bonds. The Balaban J connectivity index is 0. The molecule has 0 aromatic heterocycles. The molecule has 0 fully saturated rings. The van der Waals surface area contributed by atoms with Gasteiger partial charge < -0.3 is 25.5 Å². The van der Waals surface area contributed by atoms with Gasteiger partial charge in [-0.2, -0.15) is 0 Å². The van der Waals surface area contributed by atoms with Gasteiger partial charge in [0, 0.05) is 0 Å². The lowest BCUT2D eigenvalue weighted by Gasteiger charge is -2.28. The monoisotopic (exact) mass is 252 g/mol. The van der Waals surface area contributed by atoms with Crippen molar-refractivity contribution < 1.29 is 39.9 Å². The van der Waals surface area contributed by atoms with E-state index in [1.54, 1.807) is 0 Å². The molecule has 3 unspecified atom stereocenters. The third-order valence-electron chi connectivity index (χ3n) is 1.94. The van der Waals surface area contributed by atoms with E-state index in [4.69, 9.17) is 30.0 Å². The molecular formula is C9H16O8. The minimum atomic E-state index is -2.01. The van der Waals surface area contributed by atoms with Gasteiger partial charge in [-0.25, -0.2) is 4.79 Å². The van der Waals surface area contributed by atoms with E-state index in [0.717, 1.165) is 13.8 Å². The summed E-state index contributed by atoms with van der Waals surface area (Å²) in [6.07, 6.45) is -3.34. The van der Waals surface area contributed by atoms with Crippen molar-refractivity contribution in [3.8, 4) is 0 Å². The Bertz CT molecular complexity index is 272. The van der Waals surface area contributed by atoms with E-state index < -0.39 is 36.2 Å². The van der Waals surface area contributed by atoms with Crippen molar-refractivity contribution >= 4 is 18.0 Å². The number of hydrogen-bond donors (Lipinski definition) is 5. The van der Waals surface area contributed by atoms with Crippen molar-refractivity contribution in [1.82, 2.24) is 0 Å². The minimum absolute atomic E-state index is 0.167. The Labute approximate surface area is 97.1 Å². The molecule has 0 aliphatic rings. The largest absolute Gasteiger partial charge is 0.476 e. The van der Waals surface area contributed by atoms with Crippen molar-refractivity contribution in [2.75, 3.05) is 6.61 Å². The Morgan fingerprint density at radius 2 is 1.71 bits per heavy atom. The van der Waals surface area contributed by atoms with Gasteiger partial charge in [0.25, 0.3) is 0 Å². The fourth-order valence-electron chi connectivity index (χ4n) is 0.683. The maximum Gasteiger partial charge on any atom is 0.368 e.